The summed E-state index contributed by atoms with van der Waals surface area (Å²) in [5.74, 6) is -1.64. The topological polar surface area (TPSA) is 40.5 Å². The first-order valence-corrected chi connectivity index (χ1v) is 4.20. The van der Waals surface area contributed by atoms with E-state index in [4.69, 9.17) is 5.11 Å². The van der Waals surface area contributed by atoms with E-state index in [1.807, 2.05) is 0 Å². The average molecular weight is 213 g/mol. The number of aliphatic carboxylic acids is 1. The smallest absolute Gasteiger partial charge is 0.390 e. The first-order chi connectivity index (χ1) is 6.22. The van der Waals surface area contributed by atoms with Gasteiger partial charge in [0, 0.05) is 13.1 Å². The molecule has 0 aliphatic rings. The zero-order chi connectivity index (χ0) is 11.4. The van der Waals surface area contributed by atoms with Gasteiger partial charge in [-0.25, -0.2) is 0 Å². The van der Waals surface area contributed by atoms with Crippen molar-refractivity contribution in [2.75, 3.05) is 20.1 Å². The second-order valence-corrected chi connectivity index (χ2v) is 3.37. The summed E-state index contributed by atoms with van der Waals surface area (Å²) in [7, 11) is 1.48. The van der Waals surface area contributed by atoms with E-state index in [1.54, 1.807) is 0 Å². The second kappa shape index (κ2) is 5.19. The maximum absolute atomic E-state index is 11.8. The van der Waals surface area contributed by atoms with E-state index in [0.29, 0.717) is 0 Å². The third-order valence-corrected chi connectivity index (χ3v) is 1.78. The number of carboxylic acids is 1. The molecule has 0 fully saturated rings. The lowest BCUT2D eigenvalue weighted by molar-refractivity contribution is -0.142. The molecule has 0 bridgehead atoms. The van der Waals surface area contributed by atoms with Gasteiger partial charge in [-0.05, 0) is 7.05 Å². The molecule has 1 unspecified atom stereocenters. The fraction of sp³-hybridized carbons (Fsp3) is 0.875. The van der Waals surface area contributed by atoms with E-state index >= 15 is 0 Å². The van der Waals surface area contributed by atoms with Crippen LogP contribution in [-0.4, -0.2) is 42.3 Å². The Kier molecular flexibility index (Phi) is 4.90. The van der Waals surface area contributed by atoms with E-state index < -0.39 is 24.5 Å². The van der Waals surface area contributed by atoms with Crippen LogP contribution in [0.15, 0.2) is 0 Å². The van der Waals surface area contributed by atoms with Gasteiger partial charge in [-0.2, -0.15) is 13.2 Å². The van der Waals surface area contributed by atoms with Crippen LogP contribution in [0.25, 0.3) is 0 Å². The Morgan fingerprint density at radius 3 is 2.36 bits per heavy atom. The number of hydrogen-bond donors (Lipinski definition) is 1. The van der Waals surface area contributed by atoms with Crippen molar-refractivity contribution in [2.24, 2.45) is 5.92 Å². The zero-order valence-corrected chi connectivity index (χ0v) is 8.14. The highest BCUT2D eigenvalue weighted by molar-refractivity contribution is 5.69. The summed E-state index contributed by atoms with van der Waals surface area (Å²) >= 11 is 0. The lowest BCUT2D eigenvalue weighted by Gasteiger charge is -2.19. The minimum Gasteiger partial charge on any atom is -0.481 e. The van der Waals surface area contributed by atoms with Gasteiger partial charge in [0.05, 0.1) is 12.3 Å². The van der Waals surface area contributed by atoms with Crippen molar-refractivity contribution in [3.05, 3.63) is 0 Å². The van der Waals surface area contributed by atoms with Crippen molar-refractivity contribution in [1.82, 2.24) is 4.90 Å². The SMILES string of the molecule is CC(CN(C)CCC(F)(F)F)C(=O)O. The lowest BCUT2D eigenvalue weighted by Crippen LogP contribution is -2.31. The Morgan fingerprint density at radius 1 is 1.50 bits per heavy atom. The van der Waals surface area contributed by atoms with E-state index in [9.17, 15) is 18.0 Å². The average Bonchev–Trinajstić information content (AvgIpc) is 1.99. The van der Waals surface area contributed by atoms with E-state index in [-0.39, 0.29) is 13.1 Å². The van der Waals surface area contributed by atoms with Gasteiger partial charge in [-0.3, -0.25) is 4.79 Å². The van der Waals surface area contributed by atoms with Gasteiger partial charge < -0.3 is 10.0 Å². The number of halogens is 3. The van der Waals surface area contributed by atoms with Crippen LogP contribution < -0.4 is 0 Å². The molecule has 0 heterocycles. The van der Waals surface area contributed by atoms with Crippen molar-refractivity contribution >= 4 is 5.97 Å². The summed E-state index contributed by atoms with van der Waals surface area (Å²) in [4.78, 5) is 11.8. The van der Waals surface area contributed by atoms with Gasteiger partial charge in [0.2, 0.25) is 0 Å². The van der Waals surface area contributed by atoms with E-state index in [0.717, 1.165) is 0 Å². The molecule has 14 heavy (non-hydrogen) atoms. The van der Waals surface area contributed by atoms with Crippen molar-refractivity contribution < 1.29 is 23.1 Å². The maximum Gasteiger partial charge on any atom is 0.390 e. The molecule has 0 amide bonds. The van der Waals surface area contributed by atoms with Crippen LogP contribution in [-0.2, 0) is 4.79 Å². The van der Waals surface area contributed by atoms with Crippen LogP contribution in [0, 0.1) is 5.92 Å². The molecular formula is C8H14F3NO2. The van der Waals surface area contributed by atoms with Crippen LogP contribution in [0.5, 0.6) is 0 Å². The molecular weight excluding hydrogens is 199 g/mol. The molecule has 1 atom stereocenters. The van der Waals surface area contributed by atoms with Crippen molar-refractivity contribution in [3.63, 3.8) is 0 Å². The molecule has 0 radical (unpaired) electrons. The molecule has 3 nitrogen and oxygen atoms in total. The fourth-order valence-corrected chi connectivity index (χ4v) is 0.955. The Bertz CT molecular complexity index is 194. The molecule has 0 saturated heterocycles. The second-order valence-electron chi connectivity index (χ2n) is 3.37. The van der Waals surface area contributed by atoms with Gasteiger partial charge >= 0.3 is 12.1 Å². The van der Waals surface area contributed by atoms with Gasteiger partial charge in [-0.1, -0.05) is 6.92 Å². The quantitative estimate of drug-likeness (QED) is 0.754. The van der Waals surface area contributed by atoms with Crippen LogP contribution >= 0.6 is 0 Å². The van der Waals surface area contributed by atoms with E-state index in [2.05, 4.69) is 0 Å². The number of carbonyl (C=O) groups is 1. The molecule has 6 heteroatoms. The molecule has 0 spiro atoms. The third kappa shape index (κ3) is 6.71. The molecule has 0 aromatic carbocycles. The van der Waals surface area contributed by atoms with Crippen LogP contribution in [0.4, 0.5) is 13.2 Å². The Balaban J connectivity index is 3.76. The number of alkyl halides is 3. The number of rotatable bonds is 5. The predicted octanol–water partition coefficient (Wildman–Crippen LogP) is 1.59. The highest BCUT2D eigenvalue weighted by atomic mass is 19.4. The van der Waals surface area contributed by atoms with Crippen molar-refractivity contribution in [3.8, 4) is 0 Å². The minimum atomic E-state index is -4.18. The molecule has 0 aliphatic carbocycles. The van der Waals surface area contributed by atoms with Gasteiger partial charge in [0.25, 0.3) is 0 Å². The maximum atomic E-state index is 11.8. The zero-order valence-electron chi connectivity index (χ0n) is 8.14. The minimum absolute atomic E-state index is 0.130. The number of nitrogens with zero attached hydrogens (tertiary/aromatic N) is 1. The van der Waals surface area contributed by atoms with Gasteiger partial charge in [-0.15, -0.1) is 0 Å². The monoisotopic (exact) mass is 213 g/mol. The molecule has 0 saturated carbocycles. The first-order valence-electron chi connectivity index (χ1n) is 4.20. The number of carboxylic acid groups (broad SMARTS) is 1. The fourth-order valence-electron chi connectivity index (χ4n) is 0.955. The summed E-state index contributed by atoms with van der Waals surface area (Å²) in [6.07, 6.45) is -5.09. The molecule has 0 rings (SSSR count). The molecule has 1 N–H and O–H groups in total. The van der Waals surface area contributed by atoms with Crippen LogP contribution in [0.3, 0.4) is 0 Å². The Labute approximate surface area is 80.5 Å². The van der Waals surface area contributed by atoms with Gasteiger partial charge in [0.1, 0.15) is 0 Å². The summed E-state index contributed by atoms with van der Waals surface area (Å²) in [6, 6.07) is 0. The predicted molar refractivity (Wildman–Crippen MR) is 45.0 cm³/mol. The van der Waals surface area contributed by atoms with Crippen molar-refractivity contribution in [1.29, 1.82) is 0 Å². The van der Waals surface area contributed by atoms with Crippen LogP contribution in [0.2, 0.25) is 0 Å². The standard InChI is InChI=1S/C8H14F3NO2/c1-6(7(13)14)5-12(2)4-3-8(9,10)11/h6H,3-5H2,1-2H3,(H,13,14). The molecule has 0 aromatic rings. The largest absolute Gasteiger partial charge is 0.481 e. The van der Waals surface area contributed by atoms with Gasteiger partial charge in [0.15, 0.2) is 0 Å². The third-order valence-electron chi connectivity index (χ3n) is 1.78. The van der Waals surface area contributed by atoms with E-state index in [1.165, 1.54) is 18.9 Å². The summed E-state index contributed by atoms with van der Waals surface area (Å²) < 4.78 is 35.3. The first kappa shape index (κ1) is 13.2. The Hall–Kier alpha value is -0.780. The molecule has 84 valence electrons. The van der Waals surface area contributed by atoms with Crippen molar-refractivity contribution in [2.45, 2.75) is 19.5 Å². The normalized spacial score (nSPS) is 14.4. The number of hydrogen-bond acceptors (Lipinski definition) is 2. The Morgan fingerprint density at radius 2 is 2.00 bits per heavy atom. The molecule has 0 aromatic heterocycles. The summed E-state index contributed by atoms with van der Waals surface area (Å²) in [5, 5.41) is 8.51. The summed E-state index contributed by atoms with van der Waals surface area (Å²) in [6.45, 7) is 1.43. The summed E-state index contributed by atoms with van der Waals surface area (Å²) in [5.41, 5.74) is 0. The highest BCUT2D eigenvalue weighted by Crippen LogP contribution is 2.19. The van der Waals surface area contributed by atoms with Crippen LogP contribution in [0.1, 0.15) is 13.3 Å². The molecule has 0 aliphatic heterocycles. The highest BCUT2D eigenvalue weighted by Gasteiger charge is 2.27. The lowest BCUT2D eigenvalue weighted by atomic mass is 10.2.